The molecular formula is C20H18F2N4O4. The minimum Gasteiger partial charge on any atom is -0.494 e. The zero-order valence-electron chi connectivity index (χ0n) is 16.4. The molecule has 0 fully saturated rings. The molecule has 0 aliphatic carbocycles. The van der Waals surface area contributed by atoms with Crippen LogP contribution in [0.3, 0.4) is 0 Å². The first-order valence-corrected chi connectivity index (χ1v) is 8.72. The number of nitroso groups, excluding NO2 is 1. The quantitative estimate of drug-likeness (QED) is 0.527. The fourth-order valence-electron chi connectivity index (χ4n) is 2.68. The zero-order chi connectivity index (χ0) is 21.7. The van der Waals surface area contributed by atoms with Crippen molar-refractivity contribution in [1.82, 2.24) is 9.97 Å². The summed E-state index contributed by atoms with van der Waals surface area (Å²) in [4.78, 5) is 19.1. The zero-order valence-corrected chi connectivity index (χ0v) is 16.4. The van der Waals surface area contributed by atoms with Crippen LogP contribution in [0.25, 0.3) is 0 Å². The van der Waals surface area contributed by atoms with E-state index in [1.54, 1.807) is 25.1 Å². The number of benzene rings is 2. The Morgan fingerprint density at radius 3 is 2.27 bits per heavy atom. The monoisotopic (exact) mass is 416 g/mol. The molecule has 156 valence electrons. The molecule has 0 spiro atoms. The van der Waals surface area contributed by atoms with Crippen molar-refractivity contribution in [2.75, 3.05) is 19.5 Å². The molecule has 0 atom stereocenters. The molecule has 0 amide bonds. The third-order valence-corrected chi connectivity index (χ3v) is 4.26. The fourth-order valence-corrected chi connectivity index (χ4v) is 2.68. The summed E-state index contributed by atoms with van der Waals surface area (Å²) in [5.74, 6) is -1.73. The summed E-state index contributed by atoms with van der Waals surface area (Å²) < 4.78 is 44.0. The Kier molecular flexibility index (Phi) is 6.35. The molecule has 30 heavy (non-hydrogen) atoms. The van der Waals surface area contributed by atoms with Gasteiger partial charge in [0, 0.05) is 6.07 Å². The first kappa shape index (κ1) is 20.9. The number of hydrogen-bond donors (Lipinski definition) is 1. The van der Waals surface area contributed by atoms with Gasteiger partial charge in [0.05, 0.1) is 37.9 Å². The lowest BCUT2D eigenvalue weighted by Gasteiger charge is -2.13. The average molecular weight is 416 g/mol. The molecular weight excluding hydrogens is 398 g/mol. The average Bonchev–Trinajstić information content (AvgIpc) is 2.76. The maximum atomic E-state index is 14.4. The number of nitrogens with one attached hydrogen (secondary N) is 1. The van der Waals surface area contributed by atoms with Crippen molar-refractivity contribution in [3.8, 4) is 17.2 Å². The van der Waals surface area contributed by atoms with Crippen molar-refractivity contribution in [2.45, 2.75) is 13.5 Å². The van der Waals surface area contributed by atoms with Crippen molar-refractivity contribution in [2.24, 2.45) is 5.18 Å². The molecule has 10 heteroatoms. The van der Waals surface area contributed by atoms with Gasteiger partial charge < -0.3 is 19.5 Å². The van der Waals surface area contributed by atoms with Crippen LogP contribution in [0.4, 0.5) is 26.1 Å². The van der Waals surface area contributed by atoms with Crippen LogP contribution in [0.15, 0.2) is 41.8 Å². The van der Waals surface area contributed by atoms with Gasteiger partial charge in [-0.15, -0.1) is 4.91 Å². The minimum absolute atomic E-state index is 0.166. The van der Waals surface area contributed by atoms with E-state index in [0.29, 0.717) is 5.69 Å². The maximum Gasteiger partial charge on any atom is 0.227 e. The smallest absolute Gasteiger partial charge is 0.227 e. The summed E-state index contributed by atoms with van der Waals surface area (Å²) in [5, 5.41) is 5.89. The first-order valence-electron chi connectivity index (χ1n) is 8.72. The predicted molar refractivity (Wildman–Crippen MR) is 106 cm³/mol. The van der Waals surface area contributed by atoms with Crippen LogP contribution in [0.5, 0.6) is 17.2 Å². The van der Waals surface area contributed by atoms with E-state index in [0.717, 1.165) is 11.6 Å². The van der Waals surface area contributed by atoms with Crippen molar-refractivity contribution in [3.05, 3.63) is 64.3 Å². The Bertz CT molecular complexity index is 1030. The number of methoxy groups -OCH3 is 2. The van der Waals surface area contributed by atoms with Gasteiger partial charge in [-0.3, -0.25) is 0 Å². The van der Waals surface area contributed by atoms with Crippen molar-refractivity contribution in [1.29, 1.82) is 0 Å². The van der Waals surface area contributed by atoms with Crippen LogP contribution in [-0.2, 0) is 6.61 Å². The molecule has 1 N–H and O–H groups in total. The van der Waals surface area contributed by atoms with Crippen molar-refractivity contribution >= 4 is 17.3 Å². The number of ether oxygens (including phenoxy) is 3. The van der Waals surface area contributed by atoms with Gasteiger partial charge in [-0.2, -0.15) is 0 Å². The van der Waals surface area contributed by atoms with Gasteiger partial charge in [-0.25, -0.2) is 18.7 Å². The molecule has 2 aromatic carbocycles. The topological polar surface area (TPSA) is 94.9 Å². The molecule has 8 nitrogen and oxygen atoms in total. The van der Waals surface area contributed by atoms with Crippen molar-refractivity contribution < 1.29 is 23.0 Å². The molecule has 1 aromatic heterocycles. The SMILES string of the molecule is COc1cc(OC)c(F)c(COc2cnc(Nc3c(C)cccc3N=O)nc2)c1F. The van der Waals surface area contributed by atoms with Crippen LogP contribution in [0.2, 0.25) is 0 Å². The Morgan fingerprint density at radius 2 is 1.70 bits per heavy atom. The summed E-state index contributed by atoms with van der Waals surface area (Å²) in [6.45, 7) is 1.37. The number of nitrogens with zero attached hydrogens (tertiary/aromatic N) is 3. The maximum absolute atomic E-state index is 14.4. The van der Waals surface area contributed by atoms with Gasteiger partial charge in [0.1, 0.15) is 12.3 Å². The van der Waals surface area contributed by atoms with E-state index in [-0.39, 0.29) is 34.4 Å². The van der Waals surface area contributed by atoms with E-state index in [9.17, 15) is 13.7 Å². The number of para-hydroxylation sites is 1. The number of hydrogen-bond acceptors (Lipinski definition) is 8. The second-order valence-corrected chi connectivity index (χ2v) is 6.10. The predicted octanol–water partition coefficient (Wildman–Crippen LogP) is 4.80. The second kappa shape index (κ2) is 9.12. The fraction of sp³-hybridized carbons (Fsp3) is 0.200. The Balaban J connectivity index is 1.76. The summed E-state index contributed by atoms with van der Waals surface area (Å²) >= 11 is 0. The summed E-state index contributed by atoms with van der Waals surface area (Å²) in [7, 11) is 2.53. The second-order valence-electron chi connectivity index (χ2n) is 6.10. The first-order chi connectivity index (χ1) is 14.5. The highest BCUT2D eigenvalue weighted by molar-refractivity contribution is 5.73. The number of halogens is 2. The Morgan fingerprint density at radius 1 is 1.07 bits per heavy atom. The summed E-state index contributed by atoms with van der Waals surface area (Å²) in [5.41, 5.74) is 1.13. The Hall–Kier alpha value is -3.82. The van der Waals surface area contributed by atoms with E-state index in [2.05, 4.69) is 20.5 Å². The standard InChI is InChI=1S/C20H18F2N4O4/c1-11-5-4-6-14(26-27)19(11)25-20-23-8-12(9-24-20)30-10-13-17(21)15(28-2)7-16(29-3)18(13)22/h4-9H,10H2,1-3H3,(H,23,24,25). The van der Waals surface area contributed by atoms with E-state index in [4.69, 9.17) is 14.2 Å². The van der Waals surface area contributed by atoms with Crippen LogP contribution >= 0.6 is 0 Å². The number of rotatable bonds is 8. The number of aryl methyl sites for hydroxylation is 1. The van der Waals surface area contributed by atoms with E-state index >= 15 is 0 Å². The molecule has 1 heterocycles. The molecule has 0 radical (unpaired) electrons. The number of aromatic nitrogens is 2. The van der Waals surface area contributed by atoms with Crippen LogP contribution in [0.1, 0.15) is 11.1 Å². The largest absolute Gasteiger partial charge is 0.494 e. The number of anilines is 2. The van der Waals surface area contributed by atoms with Crippen LogP contribution in [-0.4, -0.2) is 24.2 Å². The highest BCUT2D eigenvalue weighted by atomic mass is 19.1. The lowest BCUT2D eigenvalue weighted by atomic mass is 10.1. The molecule has 0 aliphatic rings. The summed E-state index contributed by atoms with van der Waals surface area (Å²) in [6.07, 6.45) is 2.66. The van der Waals surface area contributed by atoms with Crippen molar-refractivity contribution in [3.63, 3.8) is 0 Å². The van der Waals surface area contributed by atoms with E-state index < -0.39 is 18.2 Å². The van der Waals surface area contributed by atoms with Gasteiger partial charge in [-0.1, -0.05) is 12.1 Å². The highest BCUT2D eigenvalue weighted by Crippen LogP contribution is 2.32. The molecule has 0 bridgehead atoms. The lowest BCUT2D eigenvalue weighted by Crippen LogP contribution is -2.06. The van der Waals surface area contributed by atoms with Crippen LogP contribution < -0.4 is 19.5 Å². The third kappa shape index (κ3) is 4.27. The van der Waals surface area contributed by atoms with E-state index in [1.807, 2.05) is 0 Å². The molecule has 0 aliphatic heterocycles. The molecule has 0 saturated carbocycles. The molecule has 0 saturated heterocycles. The lowest BCUT2D eigenvalue weighted by molar-refractivity contribution is 0.280. The molecule has 0 unspecified atom stereocenters. The van der Waals surface area contributed by atoms with E-state index in [1.165, 1.54) is 26.6 Å². The van der Waals surface area contributed by atoms with Crippen LogP contribution in [0, 0.1) is 23.5 Å². The normalized spacial score (nSPS) is 10.4. The van der Waals surface area contributed by atoms with Gasteiger partial charge >= 0.3 is 0 Å². The van der Waals surface area contributed by atoms with Gasteiger partial charge in [0.2, 0.25) is 5.95 Å². The van der Waals surface area contributed by atoms with Gasteiger partial charge in [-0.05, 0) is 23.7 Å². The molecule has 3 rings (SSSR count). The third-order valence-electron chi connectivity index (χ3n) is 4.26. The Labute approximate surface area is 170 Å². The summed E-state index contributed by atoms with van der Waals surface area (Å²) in [6, 6.07) is 6.19. The highest BCUT2D eigenvalue weighted by Gasteiger charge is 2.20. The van der Waals surface area contributed by atoms with Gasteiger partial charge in [0.25, 0.3) is 0 Å². The molecule has 3 aromatic rings. The minimum atomic E-state index is -0.886. The van der Waals surface area contributed by atoms with Gasteiger partial charge in [0.15, 0.2) is 28.9 Å².